The first-order chi connectivity index (χ1) is 13.0. The van der Waals surface area contributed by atoms with Gasteiger partial charge < -0.3 is 0 Å². The Kier molecular flexibility index (Phi) is 5.47. The van der Waals surface area contributed by atoms with E-state index in [0.717, 1.165) is 21.9 Å². The fourth-order valence-corrected chi connectivity index (χ4v) is 4.66. The molecule has 3 nitrogen and oxygen atoms in total. The summed E-state index contributed by atoms with van der Waals surface area (Å²) in [6.07, 6.45) is 3.99. The standard InChI is InChI=1S/C23H23NO2S/c1-4-8-22-21-10-7-6-9-19(21)13-16-23(22)24(17-5-2)27(25,26)20-14-11-18(3)12-15-20/h4-7,9-16H,1-2,8,17H2,3H3. The molecule has 3 aromatic carbocycles. The van der Waals surface area contributed by atoms with Crippen LogP contribution in [0.1, 0.15) is 11.1 Å². The van der Waals surface area contributed by atoms with Gasteiger partial charge in [0.1, 0.15) is 0 Å². The number of rotatable bonds is 7. The molecule has 0 aliphatic rings. The molecule has 0 atom stereocenters. The van der Waals surface area contributed by atoms with E-state index >= 15 is 0 Å². The summed E-state index contributed by atoms with van der Waals surface area (Å²) >= 11 is 0. The van der Waals surface area contributed by atoms with Crippen molar-refractivity contribution in [2.24, 2.45) is 0 Å². The Bertz CT molecular complexity index is 1080. The third-order valence-corrected chi connectivity index (χ3v) is 6.33. The van der Waals surface area contributed by atoms with Crippen LogP contribution < -0.4 is 4.31 Å². The lowest BCUT2D eigenvalue weighted by Crippen LogP contribution is -2.32. The fourth-order valence-electron chi connectivity index (χ4n) is 3.20. The Hall–Kier alpha value is -2.85. The van der Waals surface area contributed by atoms with Gasteiger partial charge in [-0.15, -0.1) is 13.2 Å². The molecule has 0 heterocycles. The van der Waals surface area contributed by atoms with E-state index < -0.39 is 10.0 Å². The zero-order chi connectivity index (χ0) is 19.4. The van der Waals surface area contributed by atoms with E-state index in [9.17, 15) is 8.42 Å². The number of fused-ring (bicyclic) bond motifs is 1. The van der Waals surface area contributed by atoms with Crippen LogP contribution in [0.5, 0.6) is 0 Å². The first kappa shape index (κ1) is 18.9. The molecule has 0 saturated carbocycles. The Labute approximate surface area is 161 Å². The molecule has 4 heteroatoms. The average molecular weight is 378 g/mol. The second kappa shape index (κ2) is 7.80. The molecule has 0 amide bonds. The minimum absolute atomic E-state index is 0.193. The van der Waals surface area contributed by atoms with Crippen LogP contribution in [-0.2, 0) is 16.4 Å². The lowest BCUT2D eigenvalue weighted by Gasteiger charge is -2.26. The van der Waals surface area contributed by atoms with Crippen LogP contribution >= 0.6 is 0 Å². The zero-order valence-corrected chi connectivity index (χ0v) is 16.2. The number of benzene rings is 3. The maximum absolute atomic E-state index is 13.4. The summed E-state index contributed by atoms with van der Waals surface area (Å²) in [5.74, 6) is 0. The van der Waals surface area contributed by atoms with Gasteiger partial charge in [0, 0.05) is 0 Å². The van der Waals surface area contributed by atoms with Gasteiger partial charge in [-0.1, -0.05) is 60.2 Å². The minimum atomic E-state index is -3.71. The van der Waals surface area contributed by atoms with Crippen LogP contribution in [0.15, 0.2) is 90.9 Å². The van der Waals surface area contributed by atoms with Crippen LogP contribution in [-0.4, -0.2) is 15.0 Å². The second-order valence-electron chi connectivity index (χ2n) is 6.42. The molecule has 0 aliphatic carbocycles. The molecule has 0 N–H and O–H groups in total. The molecule has 0 spiro atoms. The lowest BCUT2D eigenvalue weighted by atomic mass is 10.00. The number of nitrogens with zero attached hydrogens (tertiary/aromatic N) is 1. The average Bonchev–Trinajstić information content (AvgIpc) is 2.67. The molecule has 0 fully saturated rings. The fraction of sp³-hybridized carbons (Fsp3) is 0.130. The van der Waals surface area contributed by atoms with E-state index in [1.54, 1.807) is 24.3 Å². The van der Waals surface area contributed by atoms with Gasteiger partial charge in [-0.3, -0.25) is 4.31 Å². The van der Waals surface area contributed by atoms with Crippen LogP contribution in [0.2, 0.25) is 0 Å². The number of aryl methyl sites for hydroxylation is 1. The van der Waals surface area contributed by atoms with Crippen molar-refractivity contribution in [2.75, 3.05) is 10.8 Å². The highest BCUT2D eigenvalue weighted by Gasteiger charge is 2.26. The van der Waals surface area contributed by atoms with Gasteiger partial charge in [-0.25, -0.2) is 8.42 Å². The summed E-state index contributed by atoms with van der Waals surface area (Å²) < 4.78 is 28.2. The van der Waals surface area contributed by atoms with Crippen LogP contribution in [0.3, 0.4) is 0 Å². The third-order valence-electron chi connectivity index (χ3n) is 4.54. The maximum Gasteiger partial charge on any atom is 0.264 e. The van der Waals surface area contributed by atoms with Gasteiger partial charge in [0.15, 0.2) is 0 Å². The first-order valence-electron chi connectivity index (χ1n) is 8.81. The van der Waals surface area contributed by atoms with Gasteiger partial charge in [0.2, 0.25) is 0 Å². The molecule has 3 aromatic rings. The van der Waals surface area contributed by atoms with Crippen LogP contribution in [0.4, 0.5) is 5.69 Å². The lowest BCUT2D eigenvalue weighted by molar-refractivity contribution is 0.592. The van der Waals surface area contributed by atoms with Crippen molar-refractivity contribution in [3.63, 3.8) is 0 Å². The van der Waals surface area contributed by atoms with Crippen molar-refractivity contribution in [2.45, 2.75) is 18.2 Å². The minimum Gasteiger partial charge on any atom is -0.262 e. The summed E-state index contributed by atoms with van der Waals surface area (Å²) in [6, 6.07) is 18.7. The van der Waals surface area contributed by atoms with Gasteiger partial charge in [0.05, 0.1) is 17.1 Å². The molecule has 0 radical (unpaired) electrons. The Morgan fingerprint density at radius 1 is 0.926 bits per heavy atom. The van der Waals surface area contributed by atoms with Crippen LogP contribution in [0, 0.1) is 6.92 Å². The molecular weight excluding hydrogens is 354 g/mol. The maximum atomic E-state index is 13.4. The molecule has 0 bridgehead atoms. The Morgan fingerprint density at radius 3 is 2.30 bits per heavy atom. The number of hydrogen-bond acceptors (Lipinski definition) is 2. The second-order valence-corrected chi connectivity index (χ2v) is 8.28. The van der Waals surface area contributed by atoms with Crippen LogP contribution in [0.25, 0.3) is 10.8 Å². The predicted molar refractivity (Wildman–Crippen MR) is 114 cm³/mol. The van der Waals surface area contributed by atoms with E-state index in [0.29, 0.717) is 12.1 Å². The van der Waals surface area contributed by atoms with E-state index in [1.807, 2.05) is 55.5 Å². The highest BCUT2D eigenvalue weighted by atomic mass is 32.2. The molecule has 0 aliphatic heterocycles. The first-order valence-corrected chi connectivity index (χ1v) is 10.2. The SMILES string of the molecule is C=CCc1c(N(CC=C)S(=O)(=O)c2ccc(C)cc2)ccc2ccccc12. The van der Waals surface area contributed by atoms with E-state index in [4.69, 9.17) is 0 Å². The molecule has 3 rings (SSSR count). The molecule has 0 saturated heterocycles. The van der Waals surface area contributed by atoms with Crippen molar-refractivity contribution >= 4 is 26.5 Å². The van der Waals surface area contributed by atoms with Crippen molar-refractivity contribution in [3.05, 3.63) is 97.1 Å². The summed E-state index contributed by atoms with van der Waals surface area (Å²) in [4.78, 5) is 0.271. The van der Waals surface area contributed by atoms with Gasteiger partial charge in [-0.2, -0.15) is 0 Å². The summed E-state index contributed by atoms with van der Waals surface area (Å²) in [5.41, 5.74) is 2.62. The van der Waals surface area contributed by atoms with Crippen molar-refractivity contribution in [1.29, 1.82) is 0 Å². The molecule has 0 unspecified atom stereocenters. The number of allylic oxidation sites excluding steroid dienone is 1. The van der Waals surface area contributed by atoms with E-state index in [-0.39, 0.29) is 11.4 Å². The highest BCUT2D eigenvalue weighted by Crippen LogP contribution is 2.33. The molecular formula is C23H23NO2S. The summed E-state index contributed by atoms with van der Waals surface area (Å²) in [5, 5.41) is 2.10. The van der Waals surface area contributed by atoms with Gasteiger partial charge in [-0.05, 0) is 47.9 Å². The topological polar surface area (TPSA) is 37.4 Å². The Balaban J connectivity index is 2.23. The van der Waals surface area contributed by atoms with Gasteiger partial charge in [0.25, 0.3) is 10.0 Å². The number of sulfonamides is 1. The Morgan fingerprint density at radius 2 is 1.63 bits per heavy atom. The van der Waals surface area contributed by atoms with E-state index in [2.05, 4.69) is 13.2 Å². The predicted octanol–water partition coefficient (Wildman–Crippen LogP) is 5.26. The smallest absolute Gasteiger partial charge is 0.262 e. The molecule has 27 heavy (non-hydrogen) atoms. The quantitative estimate of drug-likeness (QED) is 0.527. The summed E-state index contributed by atoms with van der Waals surface area (Å²) in [7, 11) is -3.71. The van der Waals surface area contributed by atoms with Crippen molar-refractivity contribution < 1.29 is 8.42 Å². The zero-order valence-electron chi connectivity index (χ0n) is 15.4. The number of hydrogen-bond donors (Lipinski definition) is 0. The normalized spacial score (nSPS) is 11.3. The molecule has 138 valence electrons. The summed E-state index contributed by atoms with van der Waals surface area (Å²) in [6.45, 7) is 9.74. The monoisotopic (exact) mass is 377 g/mol. The van der Waals surface area contributed by atoms with E-state index in [1.165, 1.54) is 4.31 Å². The van der Waals surface area contributed by atoms with Crippen molar-refractivity contribution in [1.82, 2.24) is 0 Å². The largest absolute Gasteiger partial charge is 0.264 e. The molecule has 0 aromatic heterocycles. The number of anilines is 1. The third kappa shape index (κ3) is 3.67. The van der Waals surface area contributed by atoms with Gasteiger partial charge >= 0.3 is 0 Å². The highest BCUT2D eigenvalue weighted by molar-refractivity contribution is 7.92. The van der Waals surface area contributed by atoms with Crippen molar-refractivity contribution in [3.8, 4) is 0 Å².